The fourth-order valence-corrected chi connectivity index (χ4v) is 2.09. The van der Waals surface area contributed by atoms with Crippen LogP contribution in [0.25, 0.3) is 0 Å². The number of carbonyl (C=O) groups is 2. The molecule has 1 aliphatic rings. The Morgan fingerprint density at radius 1 is 1.50 bits per heavy atom. The monoisotopic (exact) mass is 268 g/mol. The molecule has 6 heteroatoms. The Labute approximate surface area is 109 Å². The van der Waals surface area contributed by atoms with Crippen molar-refractivity contribution in [1.29, 1.82) is 0 Å². The molecule has 0 aromatic heterocycles. The van der Waals surface area contributed by atoms with Crippen LogP contribution in [-0.2, 0) is 9.59 Å². The van der Waals surface area contributed by atoms with Crippen LogP contribution in [0, 0.1) is 0 Å². The van der Waals surface area contributed by atoms with Crippen molar-refractivity contribution in [3.63, 3.8) is 0 Å². The average Bonchev–Trinajstić information content (AvgIpc) is 2.51. The van der Waals surface area contributed by atoms with Crippen LogP contribution in [0.1, 0.15) is 6.42 Å². The Balaban J connectivity index is 2.22. The number of benzene rings is 1. The van der Waals surface area contributed by atoms with Gasteiger partial charge in [-0.2, -0.15) is 0 Å². The van der Waals surface area contributed by atoms with Gasteiger partial charge >= 0.3 is 5.97 Å². The molecular formula is C12H13ClN2O3. The van der Waals surface area contributed by atoms with E-state index < -0.39 is 12.0 Å². The first kappa shape index (κ1) is 12.7. The van der Waals surface area contributed by atoms with Gasteiger partial charge in [0.05, 0.1) is 0 Å². The van der Waals surface area contributed by atoms with Crippen LogP contribution >= 0.6 is 11.6 Å². The molecule has 0 bridgehead atoms. The van der Waals surface area contributed by atoms with E-state index in [1.807, 2.05) is 11.0 Å². The van der Waals surface area contributed by atoms with Gasteiger partial charge in [-0.15, -0.1) is 0 Å². The quantitative estimate of drug-likeness (QED) is 0.843. The highest BCUT2D eigenvalue weighted by Crippen LogP contribution is 2.20. The molecule has 1 amide bonds. The van der Waals surface area contributed by atoms with E-state index in [-0.39, 0.29) is 18.9 Å². The van der Waals surface area contributed by atoms with Gasteiger partial charge in [0.2, 0.25) is 5.91 Å². The standard InChI is InChI=1S/C12H13ClN2O3/c13-8-2-1-3-9(6-8)15-5-4-11(16)14-10(7-15)12(17)18/h1-3,6,10H,4-5,7H2,(H,14,16)(H,17,18). The van der Waals surface area contributed by atoms with Gasteiger partial charge in [-0.1, -0.05) is 17.7 Å². The molecule has 1 heterocycles. The van der Waals surface area contributed by atoms with Crippen molar-refractivity contribution in [2.45, 2.75) is 12.5 Å². The third-order valence-electron chi connectivity index (χ3n) is 2.82. The maximum Gasteiger partial charge on any atom is 0.328 e. The van der Waals surface area contributed by atoms with E-state index in [2.05, 4.69) is 5.32 Å². The molecule has 1 fully saturated rings. The molecule has 5 nitrogen and oxygen atoms in total. The van der Waals surface area contributed by atoms with Gasteiger partial charge in [0.1, 0.15) is 6.04 Å². The Bertz CT molecular complexity index is 478. The number of aliphatic carboxylic acids is 1. The fourth-order valence-electron chi connectivity index (χ4n) is 1.91. The summed E-state index contributed by atoms with van der Waals surface area (Å²) in [4.78, 5) is 24.3. The molecule has 1 saturated heterocycles. The van der Waals surface area contributed by atoms with Gasteiger partial charge in [0.15, 0.2) is 0 Å². The molecule has 2 N–H and O–H groups in total. The molecule has 1 aromatic rings. The van der Waals surface area contributed by atoms with Crippen LogP contribution < -0.4 is 10.2 Å². The van der Waals surface area contributed by atoms with E-state index in [1.54, 1.807) is 18.2 Å². The molecule has 1 atom stereocenters. The minimum atomic E-state index is -1.03. The lowest BCUT2D eigenvalue weighted by molar-refractivity contribution is -0.141. The van der Waals surface area contributed by atoms with E-state index in [1.165, 1.54) is 0 Å². The molecule has 2 rings (SSSR count). The summed E-state index contributed by atoms with van der Waals surface area (Å²) in [5.74, 6) is -1.27. The number of hydrogen-bond donors (Lipinski definition) is 2. The molecule has 0 aliphatic carbocycles. The van der Waals surface area contributed by atoms with Gasteiger partial charge in [-0.25, -0.2) is 4.79 Å². The molecule has 1 aliphatic heterocycles. The molecule has 0 saturated carbocycles. The van der Waals surface area contributed by atoms with E-state index in [0.29, 0.717) is 11.6 Å². The topological polar surface area (TPSA) is 69.6 Å². The Morgan fingerprint density at radius 3 is 2.94 bits per heavy atom. The number of carboxylic acid groups (broad SMARTS) is 1. The highest BCUT2D eigenvalue weighted by Gasteiger charge is 2.26. The summed E-state index contributed by atoms with van der Waals surface area (Å²) in [5, 5.41) is 12.1. The summed E-state index contributed by atoms with van der Waals surface area (Å²) in [6.07, 6.45) is 0.274. The highest BCUT2D eigenvalue weighted by atomic mass is 35.5. The zero-order valence-corrected chi connectivity index (χ0v) is 10.4. The number of anilines is 1. The van der Waals surface area contributed by atoms with Crippen molar-refractivity contribution in [3.8, 4) is 0 Å². The van der Waals surface area contributed by atoms with E-state index in [0.717, 1.165) is 5.69 Å². The van der Waals surface area contributed by atoms with Gasteiger partial charge in [0.25, 0.3) is 0 Å². The van der Waals surface area contributed by atoms with Crippen LogP contribution in [0.4, 0.5) is 5.69 Å². The van der Waals surface area contributed by atoms with Gasteiger partial charge in [0, 0.05) is 30.2 Å². The highest BCUT2D eigenvalue weighted by molar-refractivity contribution is 6.30. The molecule has 1 aromatic carbocycles. The van der Waals surface area contributed by atoms with Crippen LogP contribution in [0.5, 0.6) is 0 Å². The summed E-state index contributed by atoms with van der Waals surface area (Å²) >= 11 is 5.91. The number of nitrogens with zero attached hydrogens (tertiary/aromatic N) is 1. The first-order valence-corrected chi connectivity index (χ1v) is 5.97. The van der Waals surface area contributed by atoms with Crippen molar-refractivity contribution < 1.29 is 14.7 Å². The van der Waals surface area contributed by atoms with E-state index in [9.17, 15) is 9.59 Å². The number of nitrogens with one attached hydrogen (secondary N) is 1. The van der Waals surface area contributed by atoms with Crippen molar-refractivity contribution in [3.05, 3.63) is 29.3 Å². The summed E-state index contributed by atoms with van der Waals surface area (Å²) < 4.78 is 0. The lowest BCUT2D eigenvalue weighted by Crippen LogP contribution is -2.45. The number of rotatable bonds is 2. The third kappa shape index (κ3) is 2.92. The number of halogens is 1. The van der Waals surface area contributed by atoms with E-state index >= 15 is 0 Å². The summed E-state index contributed by atoms with van der Waals surface area (Å²) in [6.45, 7) is 0.720. The zero-order chi connectivity index (χ0) is 13.1. The van der Waals surface area contributed by atoms with Crippen molar-refractivity contribution in [2.75, 3.05) is 18.0 Å². The summed E-state index contributed by atoms with van der Waals surface area (Å²) in [5.41, 5.74) is 0.824. The number of carboxylic acids is 1. The van der Waals surface area contributed by atoms with Crippen LogP contribution in [0.15, 0.2) is 24.3 Å². The van der Waals surface area contributed by atoms with Gasteiger partial charge in [-0.05, 0) is 18.2 Å². The second-order valence-corrected chi connectivity index (χ2v) is 4.57. The van der Waals surface area contributed by atoms with Crippen molar-refractivity contribution in [1.82, 2.24) is 5.32 Å². The predicted octanol–water partition coefficient (Wildman–Crippen LogP) is 1.12. The Kier molecular flexibility index (Phi) is 3.72. The average molecular weight is 269 g/mol. The Morgan fingerprint density at radius 2 is 2.28 bits per heavy atom. The number of amides is 1. The second kappa shape index (κ2) is 5.27. The largest absolute Gasteiger partial charge is 0.480 e. The SMILES string of the molecule is O=C1CCN(c2cccc(Cl)c2)CC(C(=O)O)N1. The molecule has 1 unspecified atom stereocenters. The first-order valence-electron chi connectivity index (χ1n) is 5.59. The number of carbonyl (C=O) groups excluding carboxylic acids is 1. The molecule has 0 radical (unpaired) electrons. The first-order chi connectivity index (χ1) is 8.56. The van der Waals surface area contributed by atoms with Gasteiger partial charge < -0.3 is 15.3 Å². The summed E-state index contributed by atoms with van der Waals surface area (Å²) in [6, 6.07) is 6.27. The minimum absolute atomic E-state index is 0.238. The maximum absolute atomic E-state index is 11.4. The van der Waals surface area contributed by atoms with Crippen molar-refractivity contribution >= 4 is 29.2 Å². The van der Waals surface area contributed by atoms with E-state index in [4.69, 9.17) is 16.7 Å². The third-order valence-corrected chi connectivity index (χ3v) is 3.05. The predicted molar refractivity (Wildman–Crippen MR) is 67.8 cm³/mol. The van der Waals surface area contributed by atoms with Crippen molar-refractivity contribution in [2.24, 2.45) is 0 Å². The fraction of sp³-hybridized carbons (Fsp3) is 0.333. The Hall–Kier alpha value is -1.75. The molecular weight excluding hydrogens is 256 g/mol. The van der Waals surface area contributed by atoms with Crippen LogP contribution in [-0.4, -0.2) is 36.1 Å². The number of hydrogen-bond acceptors (Lipinski definition) is 3. The molecule has 96 valence electrons. The smallest absolute Gasteiger partial charge is 0.328 e. The lowest BCUT2D eigenvalue weighted by Gasteiger charge is -2.24. The normalized spacial score (nSPS) is 20.2. The second-order valence-electron chi connectivity index (χ2n) is 4.13. The zero-order valence-electron chi connectivity index (χ0n) is 9.60. The van der Waals surface area contributed by atoms with Crippen LogP contribution in [0.3, 0.4) is 0 Å². The van der Waals surface area contributed by atoms with Crippen LogP contribution in [0.2, 0.25) is 5.02 Å². The molecule has 0 spiro atoms. The molecule has 18 heavy (non-hydrogen) atoms. The lowest BCUT2D eigenvalue weighted by atomic mass is 10.2. The summed E-state index contributed by atoms with van der Waals surface area (Å²) in [7, 11) is 0. The maximum atomic E-state index is 11.4. The minimum Gasteiger partial charge on any atom is -0.480 e. The van der Waals surface area contributed by atoms with Gasteiger partial charge in [-0.3, -0.25) is 4.79 Å².